The molecule has 5 nitrogen and oxygen atoms in total. The summed E-state index contributed by atoms with van der Waals surface area (Å²) >= 11 is 1.000. The van der Waals surface area contributed by atoms with Crippen LogP contribution in [0.4, 0.5) is 13.2 Å². The maximum atomic E-state index is 12.8. The third-order valence-corrected chi connectivity index (χ3v) is 6.21. The van der Waals surface area contributed by atoms with Crippen molar-refractivity contribution in [1.29, 1.82) is 0 Å². The molecule has 132 valence electrons. The predicted octanol–water partition coefficient (Wildman–Crippen LogP) is 3.87. The van der Waals surface area contributed by atoms with Crippen LogP contribution >= 0.6 is 11.3 Å². The van der Waals surface area contributed by atoms with E-state index in [2.05, 4.69) is 15.0 Å². The smallest absolute Gasteiger partial charge is 0.252 e. The topological polar surface area (TPSA) is 72.8 Å². The summed E-state index contributed by atoms with van der Waals surface area (Å²) < 4.78 is 63.0. The summed E-state index contributed by atoms with van der Waals surface area (Å²) in [5.74, 6) is -0.119. The Morgan fingerprint density at radius 3 is 2.52 bits per heavy atom. The summed E-state index contributed by atoms with van der Waals surface area (Å²) in [5.41, 5.74) is -0.0643. The number of halogens is 3. The van der Waals surface area contributed by atoms with Gasteiger partial charge < -0.3 is 0 Å². The fraction of sp³-hybridized carbons (Fsp3) is 0.267. The molecule has 0 fully saturated rings. The van der Waals surface area contributed by atoms with Crippen LogP contribution in [0.15, 0.2) is 29.4 Å². The van der Waals surface area contributed by atoms with Gasteiger partial charge in [0.25, 0.3) is 0 Å². The number of hydrogen-bond donors (Lipinski definition) is 0. The molecule has 3 heterocycles. The Bertz CT molecular complexity index is 1060. The highest BCUT2D eigenvalue weighted by molar-refractivity contribution is 7.91. The van der Waals surface area contributed by atoms with Crippen molar-refractivity contribution in [2.75, 3.05) is 5.75 Å². The van der Waals surface area contributed by atoms with Gasteiger partial charge in [-0.15, -0.1) is 0 Å². The van der Waals surface area contributed by atoms with Gasteiger partial charge >= 0.3 is 6.18 Å². The van der Waals surface area contributed by atoms with E-state index in [1.54, 1.807) is 6.92 Å². The van der Waals surface area contributed by atoms with E-state index in [1.165, 1.54) is 19.2 Å². The second-order valence-corrected chi connectivity index (χ2v) is 8.55. The van der Waals surface area contributed by atoms with Crippen LogP contribution in [-0.4, -0.2) is 29.1 Å². The minimum atomic E-state index is -4.52. The Morgan fingerprint density at radius 1 is 1.16 bits per heavy atom. The zero-order valence-electron chi connectivity index (χ0n) is 13.1. The minimum Gasteiger partial charge on any atom is -0.252 e. The van der Waals surface area contributed by atoms with E-state index < -0.39 is 21.6 Å². The van der Waals surface area contributed by atoms with Gasteiger partial charge in [0, 0.05) is 12.4 Å². The number of hydrogen-bond acceptors (Lipinski definition) is 6. The van der Waals surface area contributed by atoms with Gasteiger partial charge in [0.1, 0.15) is 21.0 Å². The minimum absolute atomic E-state index is 0.0186. The summed E-state index contributed by atoms with van der Waals surface area (Å²) in [6.45, 7) is 3.22. The van der Waals surface area contributed by atoms with Crippen LogP contribution in [-0.2, 0) is 16.0 Å². The van der Waals surface area contributed by atoms with Gasteiger partial charge in [0.2, 0.25) is 0 Å². The molecule has 0 radical (unpaired) electrons. The van der Waals surface area contributed by atoms with E-state index in [4.69, 9.17) is 0 Å². The number of alkyl halides is 3. The molecule has 0 aliphatic heterocycles. The highest BCUT2D eigenvalue weighted by atomic mass is 32.2. The van der Waals surface area contributed by atoms with Crippen LogP contribution in [0.2, 0.25) is 0 Å². The fourth-order valence-corrected chi connectivity index (χ4v) is 4.26. The Morgan fingerprint density at radius 2 is 1.88 bits per heavy atom. The summed E-state index contributed by atoms with van der Waals surface area (Å²) in [4.78, 5) is 12.4. The Hall–Kier alpha value is -2.07. The van der Waals surface area contributed by atoms with Crippen LogP contribution in [0.5, 0.6) is 0 Å². The van der Waals surface area contributed by atoms with Gasteiger partial charge in [0.05, 0.1) is 16.2 Å². The molecule has 0 saturated heterocycles. The quantitative estimate of drug-likeness (QED) is 0.682. The van der Waals surface area contributed by atoms with Crippen molar-refractivity contribution < 1.29 is 21.6 Å². The third-order valence-electron chi connectivity index (χ3n) is 3.48. The molecule has 0 atom stereocenters. The summed E-state index contributed by atoms with van der Waals surface area (Å²) in [7, 11) is -3.56. The molecule has 0 saturated carbocycles. The SMILES string of the molecule is CCS(=O)(=O)c1cc(C)cnc1-c1nc2cc(C(F)(F)F)cnc2s1. The van der Waals surface area contributed by atoms with Crippen molar-refractivity contribution in [3.8, 4) is 10.7 Å². The zero-order chi connectivity index (χ0) is 18.4. The molecule has 25 heavy (non-hydrogen) atoms. The normalized spacial score (nSPS) is 12.7. The van der Waals surface area contributed by atoms with E-state index in [0.717, 1.165) is 23.6 Å². The number of aromatic nitrogens is 3. The third kappa shape index (κ3) is 3.36. The van der Waals surface area contributed by atoms with Crippen molar-refractivity contribution in [3.05, 3.63) is 35.7 Å². The highest BCUT2D eigenvalue weighted by Gasteiger charge is 2.31. The molecule has 3 rings (SSSR count). The molecular formula is C15H12F3N3O2S2. The molecule has 0 aromatic carbocycles. The molecule has 0 amide bonds. The zero-order valence-corrected chi connectivity index (χ0v) is 14.8. The van der Waals surface area contributed by atoms with E-state index in [-0.39, 0.29) is 31.7 Å². The Labute approximate surface area is 145 Å². The van der Waals surface area contributed by atoms with E-state index in [0.29, 0.717) is 5.56 Å². The Kier molecular flexibility index (Phi) is 4.28. The fourth-order valence-electron chi connectivity index (χ4n) is 2.18. The number of pyridine rings is 2. The maximum absolute atomic E-state index is 12.8. The molecule has 0 spiro atoms. The van der Waals surface area contributed by atoms with Gasteiger partial charge in [-0.3, -0.25) is 4.98 Å². The first kappa shape index (κ1) is 17.7. The average molecular weight is 387 g/mol. The lowest BCUT2D eigenvalue weighted by Crippen LogP contribution is -2.07. The van der Waals surface area contributed by atoms with Crippen molar-refractivity contribution in [2.45, 2.75) is 24.9 Å². The first-order valence-electron chi connectivity index (χ1n) is 7.15. The lowest BCUT2D eigenvalue weighted by atomic mass is 10.2. The highest BCUT2D eigenvalue weighted by Crippen LogP contribution is 2.35. The molecule has 0 unspecified atom stereocenters. The second kappa shape index (κ2) is 6.03. The monoisotopic (exact) mass is 387 g/mol. The van der Waals surface area contributed by atoms with Crippen molar-refractivity contribution in [3.63, 3.8) is 0 Å². The maximum Gasteiger partial charge on any atom is 0.417 e. The molecular weight excluding hydrogens is 375 g/mol. The number of rotatable bonds is 3. The number of thiazole rings is 1. The summed E-state index contributed by atoms with van der Waals surface area (Å²) in [6, 6.07) is 2.38. The van der Waals surface area contributed by atoms with Crippen LogP contribution in [0, 0.1) is 6.92 Å². The van der Waals surface area contributed by atoms with E-state index >= 15 is 0 Å². The number of sulfone groups is 1. The first-order chi connectivity index (χ1) is 11.6. The molecule has 3 aromatic rings. The lowest BCUT2D eigenvalue weighted by molar-refractivity contribution is -0.137. The van der Waals surface area contributed by atoms with Gasteiger partial charge in [0.15, 0.2) is 9.84 Å². The first-order valence-corrected chi connectivity index (χ1v) is 9.62. The van der Waals surface area contributed by atoms with Gasteiger partial charge in [-0.2, -0.15) is 13.2 Å². The molecule has 0 N–H and O–H groups in total. The molecule has 3 aromatic heterocycles. The lowest BCUT2D eigenvalue weighted by Gasteiger charge is -2.07. The van der Waals surface area contributed by atoms with E-state index in [1.807, 2.05) is 0 Å². The number of aryl methyl sites for hydroxylation is 1. The van der Waals surface area contributed by atoms with Crippen LogP contribution in [0.3, 0.4) is 0 Å². The standard InChI is InChI=1S/C15H12F3N3O2S2/c1-3-25(22,23)11-4-8(2)6-19-12(11)14-21-10-5-9(15(16,17)18)7-20-13(10)24-14/h4-7H,3H2,1-2H3. The van der Waals surface area contributed by atoms with Crippen molar-refractivity contribution >= 4 is 31.5 Å². The van der Waals surface area contributed by atoms with Crippen LogP contribution in [0.1, 0.15) is 18.1 Å². The number of nitrogens with zero attached hydrogens (tertiary/aromatic N) is 3. The van der Waals surface area contributed by atoms with Crippen LogP contribution < -0.4 is 0 Å². The predicted molar refractivity (Wildman–Crippen MR) is 88.1 cm³/mol. The molecule has 0 aliphatic carbocycles. The van der Waals surface area contributed by atoms with Gasteiger partial charge in [-0.05, 0) is 24.6 Å². The summed E-state index contributed by atoms with van der Waals surface area (Å²) in [5, 5.41) is 0.217. The summed E-state index contributed by atoms with van der Waals surface area (Å²) in [6.07, 6.45) is -2.30. The molecule has 0 bridgehead atoms. The van der Waals surface area contributed by atoms with E-state index in [9.17, 15) is 21.6 Å². The van der Waals surface area contributed by atoms with Crippen molar-refractivity contribution in [1.82, 2.24) is 15.0 Å². The number of fused-ring (bicyclic) bond motifs is 1. The van der Waals surface area contributed by atoms with Gasteiger partial charge in [-0.25, -0.2) is 18.4 Å². The average Bonchev–Trinajstić information content (AvgIpc) is 2.96. The molecule has 10 heteroatoms. The van der Waals surface area contributed by atoms with Crippen molar-refractivity contribution in [2.24, 2.45) is 0 Å². The molecule has 0 aliphatic rings. The second-order valence-electron chi connectivity index (χ2n) is 5.33. The van der Waals surface area contributed by atoms with Gasteiger partial charge in [-0.1, -0.05) is 18.3 Å². The Balaban J connectivity index is 2.21. The largest absolute Gasteiger partial charge is 0.417 e. The van der Waals surface area contributed by atoms with Crippen LogP contribution in [0.25, 0.3) is 21.0 Å².